The van der Waals surface area contributed by atoms with Gasteiger partial charge in [0.15, 0.2) is 0 Å². The molecule has 0 unspecified atom stereocenters. The Morgan fingerprint density at radius 1 is 1.25 bits per heavy atom. The standard InChI is InChI=1S/C15H14N2O3/c1-10-4-3-7-16-13(10)14(18)17-9-11-5-2-6-12(8-11)15(19)20/h2-8H,9H2,1H3,(H,17,18)(H,19,20). The van der Waals surface area contributed by atoms with Crippen LogP contribution in [0, 0.1) is 6.92 Å². The number of aromatic nitrogens is 1. The van der Waals surface area contributed by atoms with E-state index in [0.717, 1.165) is 11.1 Å². The zero-order valence-corrected chi connectivity index (χ0v) is 11.0. The largest absolute Gasteiger partial charge is 0.478 e. The molecule has 5 heteroatoms. The molecule has 1 heterocycles. The molecular formula is C15H14N2O3. The number of carboxylic acids is 1. The zero-order valence-electron chi connectivity index (χ0n) is 11.0. The summed E-state index contributed by atoms with van der Waals surface area (Å²) in [7, 11) is 0. The van der Waals surface area contributed by atoms with Crippen LogP contribution in [0.15, 0.2) is 42.6 Å². The second-order valence-electron chi connectivity index (χ2n) is 4.36. The maximum absolute atomic E-state index is 12.0. The summed E-state index contributed by atoms with van der Waals surface area (Å²) in [5.74, 6) is -1.26. The molecule has 2 aromatic rings. The molecule has 0 spiro atoms. The van der Waals surface area contributed by atoms with Gasteiger partial charge >= 0.3 is 5.97 Å². The van der Waals surface area contributed by atoms with Gasteiger partial charge < -0.3 is 10.4 Å². The van der Waals surface area contributed by atoms with Crippen LogP contribution in [0.3, 0.4) is 0 Å². The summed E-state index contributed by atoms with van der Waals surface area (Å²) in [5.41, 5.74) is 2.10. The van der Waals surface area contributed by atoms with Crippen molar-refractivity contribution in [1.82, 2.24) is 10.3 Å². The van der Waals surface area contributed by atoms with Gasteiger partial charge in [-0.1, -0.05) is 18.2 Å². The lowest BCUT2D eigenvalue weighted by Crippen LogP contribution is -2.24. The number of nitrogens with one attached hydrogen (secondary N) is 1. The molecule has 1 aromatic heterocycles. The lowest BCUT2D eigenvalue weighted by molar-refractivity contribution is 0.0696. The number of carbonyl (C=O) groups excluding carboxylic acids is 1. The molecule has 0 saturated carbocycles. The van der Waals surface area contributed by atoms with Crippen LogP contribution in [-0.2, 0) is 6.54 Å². The van der Waals surface area contributed by atoms with Crippen LogP contribution in [0.2, 0.25) is 0 Å². The van der Waals surface area contributed by atoms with E-state index < -0.39 is 5.97 Å². The second-order valence-corrected chi connectivity index (χ2v) is 4.36. The van der Waals surface area contributed by atoms with Crippen molar-refractivity contribution >= 4 is 11.9 Å². The van der Waals surface area contributed by atoms with Gasteiger partial charge in [0.05, 0.1) is 5.56 Å². The topological polar surface area (TPSA) is 79.3 Å². The molecule has 0 radical (unpaired) electrons. The smallest absolute Gasteiger partial charge is 0.335 e. The minimum atomic E-state index is -0.987. The zero-order chi connectivity index (χ0) is 14.5. The van der Waals surface area contributed by atoms with E-state index in [9.17, 15) is 9.59 Å². The van der Waals surface area contributed by atoms with Crippen LogP contribution >= 0.6 is 0 Å². The first kappa shape index (κ1) is 13.7. The fraction of sp³-hybridized carbons (Fsp3) is 0.133. The Morgan fingerprint density at radius 3 is 2.75 bits per heavy atom. The SMILES string of the molecule is Cc1cccnc1C(=O)NCc1cccc(C(=O)O)c1. The summed E-state index contributed by atoms with van der Waals surface area (Å²) >= 11 is 0. The molecule has 2 N–H and O–H groups in total. The summed E-state index contributed by atoms with van der Waals surface area (Å²) in [6.07, 6.45) is 1.56. The Kier molecular flexibility index (Phi) is 4.10. The summed E-state index contributed by atoms with van der Waals surface area (Å²) in [4.78, 5) is 26.9. The number of aryl methyl sites for hydroxylation is 1. The van der Waals surface area contributed by atoms with E-state index in [2.05, 4.69) is 10.3 Å². The minimum absolute atomic E-state index is 0.200. The lowest BCUT2D eigenvalue weighted by Gasteiger charge is -2.07. The van der Waals surface area contributed by atoms with Crippen LogP contribution in [0.4, 0.5) is 0 Å². The third-order valence-corrected chi connectivity index (χ3v) is 2.85. The van der Waals surface area contributed by atoms with E-state index in [4.69, 9.17) is 5.11 Å². The minimum Gasteiger partial charge on any atom is -0.478 e. The van der Waals surface area contributed by atoms with Gasteiger partial charge in [0.25, 0.3) is 5.91 Å². The van der Waals surface area contributed by atoms with Gasteiger partial charge in [-0.25, -0.2) is 4.79 Å². The highest BCUT2D eigenvalue weighted by molar-refractivity contribution is 5.93. The van der Waals surface area contributed by atoms with Crippen LogP contribution in [0.25, 0.3) is 0 Å². The van der Waals surface area contributed by atoms with Gasteiger partial charge in [-0.2, -0.15) is 0 Å². The Morgan fingerprint density at radius 2 is 2.05 bits per heavy atom. The molecule has 20 heavy (non-hydrogen) atoms. The molecule has 102 valence electrons. The molecule has 0 aliphatic carbocycles. The van der Waals surface area contributed by atoms with Crippen LogP contribution in [0.1, 0.15) is 32.0 Å². The Bertz CT molecular complexity index is 653. The van der Waals surface area contributed by atoms with Gasteiger partial charge in [0.1, 0.15) is 5.69 Å². The van der Waals surface area contributed by atoms with Gasteiger partial charge in [-0.3, -0.25) is 9.78 Å². The predicted molar refractivity (Wildman–Crippen MR) is 73.5 cm³/mol. The average Bonchev–Trinajstić information content (AvgIpc) is 2.45. The molecule has 0 fully saturated rings. The van der Waals surface area contributed by atoms with Gasteiger partial charge in [0, 0.05) is 12.7 Å². The highest BCUT2D eigenvalue weighted by atomic mass is 16.4. The first-order valence-corrected chi connectivity index (χ1v) is 6.10. The predicted octanol–water partition coefficient (Wildman–Crippen LogP) is 2.02. The summed E-state index contributed by atoms with van der Waals surface area (Å²) in [5, 5.41) is 11.6. The van der Waals surface area contributed by atoms with E-state index >= 15 is 0 Å². The van der Waals surface area contributed by atoms with E-state index in [1.165, 1.54) is 12.1 Å². The quantitative estimate of drug-likeness (QED) is 0.890. The number of benzene rings is 1. The fourth-order valence-corrected chi connectivity index (χ4v) is 1.80. The fourth-order valence-electron chi connectivity index (χ4n) is 1.80. The average molecular weight is 270 g/mol. The van der Waals surface area contributed by atoms with Crippen LogP contribution < -0.4 is 5.32 Å². The summed E-state index contributed by atoms with van der Waals surface area (Å²) < 4.78 is 0. The Hall–Kier alpha value is -2.69. The van der Waals surface area contributed by atoms with Crippen molar-refractivity contribution in [3.8, 4) is 0 Å². The van der Waals surface area contributed by atoms with Crippen LogP contribution in [0.5, 0.6) is 0 Å². The van der Waals surface area contributed by atoms with Crippen molar-refractivity contribution in [3.05, 3.63) is 65.0 Å². The molecule has 0 aliphatic heterocycles. The number of amides is 1. The number of rotatable bonds is 4. The lowest BCUT2D eigenvalue weighted by atomic mass is 10.1. The number of carboxylic acid groups (broad SMARTS) is 1. The number of aromatic carboxylic acids is 1. The second kappa shape index (κ2) is 5.97. The first-order valence-electron chi connectivity index (χ1n) is 6.10. The van der Waals surface area contributed by atoms with Crippen molar-refractivity contribution in [2.24, 2.45) is 0 Å². The number of nitrogens with zero attached hydrogens (tertiary/aromatic N) is 1. The van der Waals surface area contributed by atoms with E-state index in [1.54, 1.807) is 24.4 Å². The maximum Gasteiger partial charge on any atom is 0.335 e. The van der Waals surface area contributed by atoms with Gasteiger partial charge in [0.2, 0.25) is 0 Å². The molecule has 1 aromatic carbocycles. The Labute approximate surface area is 116 Å². The molecular weight excluding hydrogens is 256 g/mol. The highest BCUT2D eigenvalue weighted by Crippen LogP contribution is 2.07. The van der Waals surface area contributed by atoms with Crippen molar-refractivity contribution in [3.63, 3.8) is 0 Å². The number of carbonyl (C=O) groups is 2. The number of hydrogen-bond acceptors (Lipinski definition) is 3. The summed E-state index contributed by atoms with van der Waals surface area (Å²) in [6, 6.07) is 10.0. The van der Waals surface area contributed by atoms with Crippen molar-refractivity contribution in [2.45, 2.75) is 13.5 Å². The molecule has 2 rings (SSSR count). The molecule has 5 nitrogen and oxygen atoms in total. The molecule has 0 aliphatic rings. The molecule has 1 amide bonds. The normalized spacial score (nSPS) is 10.1. The monoisotopic (exact) mass is 270 g/mol. The number of pyridine rings is 1. The van der Waals surface area contributed by atoms with E-state index in [1.807, 2.05) is 13.0 Å². The van der Waals surface area contributed by atoms with E-state index in [-0.39, 0.29) is 18.0 Å². The van der Waals surface area contributed by atoms with Crippen molar-refractivity contribution in [1.29, 1.82) is 0 Å². The highest BCUT2D eigenvalue weighted by Gasteiger charge is 2.10. The van der Waals surface area contributed by atoms with Crippen molar-refractivity contribution < 1.29 is 14.7 Å². The van der Waals surface area contributed by atoms with Crippen molar-refractivity contribution in [2.75, 3.05) is 0 Å². The number of hydrogen-bond donors (Lipinski definition) is 2. The summed E-state index contributed by atoms with van der Waals surface area (Å²) in [6.45, 7) is 2.07. The Balaban J connectivity index is 2.06. The van der Waals surface area contributed by atoms with Crippen LogP contribution in [-0.4, -0.2) is 22.0 Å². The van der Waals surface area contributed by atoms with E-state index in [0.29, 0.717) is 5.69 Å². The molecule has 0 bridgehead atoms. The first-order chi connectivity index (χ1) is 9.58. The third-order valence-electron chi connectivity index (χ3n) is 2.85. The maximum atomic E-state index is 12.0. The van der Waals surface area contributed by atoms with Gasteiger partial charge in [-0.05, 0) is 36.2 Å². The molecule has 0 saturated heterocycles. The third kappa shape index (κ3) is 3.20. The molecule has 0 atom stereocenters. The van der Waals surface area contributed by atoms with Gasteiger partial charge in [-0.15, -0.1) is 0 Å².